The molecule has 0 unspecified atom stereocenters. The molecule has 5 heteroatoms. The van der Waals surface area contributed by atoms with Crippen LogP contribution in [0.2, 0.25) is 0 Å². The van der Waals surface area contributed by atoms with Crippen LogP contribution in [0.1, 0.15) is 2.85 Å². The average Bonchev–Trinajstić information content (AvgIpc) is 0. The van der Waals surface area contributed by atoms with Crippen molar-refractivity contribution in [2.24, 2.45) is 0 Å². The second kappa shape index (κ2) is 23.6. The molecule has 0 heterocycles. The number of rotatable bonds is 0. The van der Waals surface area contributed by atoms with Crippen LogP contribution in [-0.4, -0.2) is 48.9 Å². The van der Waals surface area contributed by atoms with E-state index in [1.807, 2.05) is 0 Å². The maximum Gasteiger partial charge on any atom is 2.00 e. The summed E-state index contributed by atoms with van der Waals surface area (Å²) in [5.74, 6) is 0. The Morgan fingerprint density at radius 1 is 1.20 bits per heavy atom. The molecule has 0 aliphatic carbocycles. The van der Waals surface area contributed by atoms with E-state index in [0.29, 0.717) is 0 Å². The summed E-state index contributed by atoms with van der Waals surface area (Å²) in [6, 6.07) is 0. The second-order valence-corrected chi connectivity index (χ2v) is 0. The maximum atomic E-state index is 0. The minimum atomic E-state index is 0. The predicted molar refractivity (Wildman–Crippen MR) is 8.66 cm³/mol. The average molecular weight is 449 g/mol. The Balaban J connectivity index is 0. The van der Waals surface area contributed by atoms with Crippen LogP contribution in [0.4, 0.5) is 0 Å². The summed E-state index contributed by atoms with van der Waals surface area (Å²) in [4.78, 5) is 0. The summed E-state index contributed by atoms with van der Waals surface area (Å²) < 4.78 is 0. The van der Waals surface area contributed by atoms with Gasteiger partial charge in [0.25, 0.3) is 0 Å². The van der Waals surface area contributed by atoms with Crippen molar-refractivity contribution < 1.29 is 99.4 Å². The molecule has 5 heavy (non-hydrogen) atoms. The van der Waals surface area contributed by atoms with Crippen molar-refractivity contribution in [1.29, 1.82) is 0 Å². The molecule has 0 aromatic carbocycles. The van der Waals surface area contributed by atoms with Crippen LogP contribution in [0.15, 0.2) is 0 Å². The summed E-state index contributed by atoms with van der Waals surface area (Å²) in [5.41, 5.74) is 0. The molecule has 27 valence electrons. The second-order valence-electron chi connectivity index (χ2n) is 0. The fraction of sp³-hybridized carbons (Fsp3) is 0. The Morgan fingerprint density at radius 2 is 1.20 bits per heavy atom. The molecule has 0 aromatic rings. The monoisotopic (exact) mass is 449 g/mol. The van der Waals surface area contributed by atoms with Gasteiger partial charge in [0.2, 0.25) is 0 Å². The van der Waals surface area contributed by atoms with Gasteiger partial charge in [0, 0.05) is 74.0 Å². The van der Waals surface area contributed by atoms with Crippen molar-refractivity contribution in [2.45, 2.75) is 0 Å². The fourth-order valence-corrected chi connectivity index (χ4v) is 0. The van der Waals surface area contributed by atoms with Gasteiger partial charge in [0.05, 0.1) is 0 Å². The van der Waals surface area contributed by atoms with Crippen LogP contribution in [0, 0.1) is 41.3 Å². The van der Waals surface area contributed by atoms with Gasteiger partial charge in [-0.25, -0.2) is 0 Å². The van der Waals surface area contributed by atoms with Crippen LogP contribution in [0.5, 0.6) is 0 Å². The molecule has 3 radical (unpaired) electrons. The van der Waals surface area contributed by atoms with Gasteiger partial charge in [-0.05, 0) is 0 Å². The molecule has 0 bridgehead atoms. The molecule has 1 nitrogen and oxygen atoms in total. The van der Waals surface area contributed by atoms with E-state index in [-0.39, 0.29) is 148 Å². The fourth-order valence-electron chi connectivity index (χ4n) is 0. The van der Waals surface area contributed by atoms with Gasteiger partial charge in [-0.3, -0.25) is 0 Å². The Bertz CT molecular complexity index is 17.7. The molecular formula is H2BaCuOPrY. The Kier molecular flexibility index (Phi) is 160. The third-order valence-electron chi connectivity index (χ3n) is 0. The summed E-state index contributed by atoms with van der Waals surface area (Å²) in [6.07, 6.45) is 0. The Labute approximate surface area is 144 Å². The summed E-state index contributed by atoms with van der Waals surface area (Å²) in [6.45, 7) is 0. The van der Waals surface area contributed by atoms with Crippen molar-refractivity contribution in [3.63, 3.8) is 0 Å². The largest absolute Gasteiger partial charge is 2.00 e. The first-order valence-corrected chi connectivity index (χ1v) is 0. The van der Waals surface area contributed by atoms with Crippen LogP contribution in [-0.2, 0) is 55.3 Å². The topological polar surface area (TPSA) is 28.5 Å². The molecule has 0 rings (SSSR count). The van der Waals surface area contributed by atoms with Crippen molar-refractivity contribution in [3.8, 4) is 0 Å². The zero-order valence-corrected chi connectivity index (χ0v) is 14.5. The van der Waals surface area contributed by atoms with Crippen LogP contribution < -0.4 is 0 Å². The van der Waals surface area contributed by atoms with Gasteiger partial charge in [-0.1, -0.05) is 0 Å². The van der Waals surface area contributed by atoms with Crippen molar-refractivity contribution >= 4 is 48.9 Å². The molecule has 0 saturated carbocycles. The van der Waals surface area contributed by atoms with Gasteiger partial charge in [-0.2, -0.15) is 0 Å². The summed E-state index contributed by atoms with van der Waals surface area (Å²) in [5, 5.41) is 0. The summed E-state index contributed by atoms with van der Waals surface area (Å²) >= 11 is 0. The van der Waals surface area contributed by atoms with Gasteiger partial charge < -0.3 is 8.33 Å². The van der Waals surface area contributed by atoms with E-state index < -0.39 is 0 Å². The van der Waals surface area contributed by atoms with Gasteiger partial charge in [0.15, 0.2) is 0 Å². The minimum absolute atomic E-state index is 0. The first-order chi connectivity index (χ1) is 0. The Morgan fingerprint density at radius 3 is 1.20 bits per heavy atom. The van der Waals surface area contributed by atoms with Crippen molar-refractivity contribution in [2.75, 3.05) is 0 Å². The smallest absolute Gasteiger partial charge is 2.00 e. The SMILES string of the molecule is [Ba+2].[Cu+2].[H-].[H-].[O-2].[Pr].[Y]. The van der Waals surface area contributed by atoms with Crippen LogP contribution in [0.3, 0.4) is 0 Å². The molecule has 0 aromatic heterocycles. The van der Waals surface area contributed by atoms with E-state index in [9.17, 15) is 0 Å². The van der Waals surface area contributed by atoms with E-state index in [1.165, 1.54) is 0 Å². The van der Waals surface area contributed by atoms with Crippen LogP contribution >= 0.6 is 0 Å². The third kappa shape index (κ3) is 17.7. The summed E-state index contributed by atoms with van der Waals surface area (Å²) in [7, 11) is 0. The third-order valence-corrected chi connectivity index (χ3v) is 0. The standard InChI is InChI=1S/Ba.Cu.O.Pr.Y.2H/q2*+2;-2;;;2*-1. The molecule has 0 amide bonds. The van der Waals surface area contributed by atoms with E-state index in [4.69, 9.17) is 0 Å². The molecule has 0 atom stereocenters. The van der Waals surface area contributed by atoms with E-state index in [0.717, 1.165) is 0 Å². The molecule has 0 aliphatic heterocycles. The first kappa shape index (κ1) is 33.8. The zero-order valence-electron chi connectivity index (χ0n) is 4.57. The first-order valence-electron chi connectivity index (χ1n) is 0. The quantitative estimate of drug-likeness (QED) is 0.456. The molecule has 0 spiro atoms. The minimum Gasteiger partial charge on any atom is -2.00 e. The number of hydrogen-bond acceptors (Lipinski definition) is 0. The van der Waals surface area contributed by atoms with E-state index in [1.54, 1.807) is 0 Å². The molecule has 0 saturated heterocycles. The molecular weight excluding hydrogens is 447 g/mol. The van der Waals surface area contributed by atoms with Gasteiger partial charge in [0.1, 0.15) is 0 Å². The normalized spacial score (nSPS) is 0. The van der Waals surface area contributed by atoms with Gasteiger partial charge >= 0.3 is 65.9 Å². The zero-order chi connectivity index (χ0) is 0. The van der Waals surface area contributed by atoms with Crippen molar-refractivity contribution in [3.05, 3.63) is 0 Å². The Hall–Kier alpha value is 4.52. The predicted octanol–water partition coefficient (Wildman–Crippen LogP) is -0.280. The maximum absolute atomic E-state index is 0. The molecule has 0 aliphatic rings. The van der Waals surface area contributed by atoms with E-state index in [2.05, 4.69) is 0 Å². The van der Waals surface area contributed by atoms with Crippen LogP contribution in [0.25, 0.3) is 0 Å². The van der Waals surface area contributed by atoms with Gasteiger partial charge in [-0.15, -0.1) is 0 Å². The van der Waals surface area contributed by atoms with Crippen molar-refractivity contribution in [1.82, 2.24) is 0 Å². The molecule has 0 N–H and O–H groups in total. The molecule has 0 fully saturated rings. The van der Waals surface area contributed by atoms with E-state index >= 15 is 0 Å². The number of hydrogen-bond donors (Lipinski definition) is 0.